The first-order valence-electron chi connectivity index (χ1n) is 6.02. The Labute approximate surface area is 88.1 Å². The number of hydrogen-bond donors (Lipinski definition) is 2. The third-order valence-electron chi connectivity index (χ3n) is 3.23. The SMILES string of the molecule is CC(O)CC(C)NC1CCC(C)CC1. The Hall–Kier alpha value is -0.0800. The zero-order valence-corrected chi connectivity index (χ0v) is 9.79. The third kappa shape index (κ3) is 4.43. The van der Waals surface area contributed by atoms with E-state index < -0.39 is 0 Å². The van der Waals surface area contributed by atoms with Gasteiger partial charge in [-0.1, -0.05) is 6.92 Å². The Morgan fingerprint density at radius 2 is 1.79 bits per heavy atom. The van der Waals surface area contributed by atoms with Crippen molar-refractivity contribution in [2.75, 3.05) is 0 Å². The quantitative estimate of drug-likeness (QED) is 0.728. The van der Waals surface area contributed by atoms with Crippen LogP contribution < -0.4 is 5.32 Å². The van der Waals surface area contributed by atoms with E-state index in [4.69, 9.17) is 0 Å². The summed E-state index contributed by atoms with van der Waals surface area (Å²) in [4.78, 5) is 0. The Bertz CT molecular complexity index is 150. The van der Waals surface area contributed by atoms with E-state index in [1.54, 1.807) is 0 Å². The summed E-state index contributed by atoms with van der Waals surface area (Å²) in [5.41, 5.74) is 0. The molecule has 1 aliphatic rings. The predicted octanol–water partition coefficient (Wildman–Crippen LogP) is 2.31. The fraction of sp³-hybridized carbons (Fsp3) is 1.00. The van der Waals surface area contributed by atoms with E-state index in [1.165, 1.54) is 25.7 Å². The summed E-state index contributed by atoms with van der Waals surface area (Å²) in [5, 5.41) is 12.9. The van der Waals surface area contributed by atoms with Crippen molar-refractivity contribution in [3.05, 3.63) is 0 Å². The molecule has 1 rings (SSSR count). The summed E-state index contributed by atoms with van der Waals surface area (Å²) in [5.74, 6) is 0.917. The molecular formula is C12H25NO. The molecule has 1 aliphatic carbocycles. The average Bonchev–Trinajstić information content (AvgIpc) is 2.07. The molecule has 0 aliphatic heterocycles. The molecule has 14 heavy (non-hydrogen) atoms. The molecule has 1 saturated carbocycles. The highest BCUT2D eigenvalue weighted by atomic mass is 16.3. The molecule has 0 heterocycles. The first-order chi connectivity index (χ1) is 6.58. The molecule has 1 fully saturated rings. The molecule has 2 N–H and O–H groups in total. The standard InChI is InChI=1S/C12H25NO/c1-9-4-6-12(7-5-9)13-10(2)8-11(3)14/h9-14H,4-8H2,1-3H3. The molecule has 2 nitrogen and oxygen atoms in total. The van der Waals surface area contributed by atoms with Crippen LogP contribution in [0.15, 0.2) is 0 Å². The maximum atomic E-state index is 9.25. The van der Waals surface area contributed by atoms with Crippen molar-refractivity contribution in [3.63, 3.8) is 0 Å². The predicted molar refractivity (Wildman–Crippen MR) is 60.3 cm³/mol. The summed E-state index contributed by atoms with van der Waals surface area (Å²) >= 11 is 0. The Morgan fingerprint density at radius 3 is 2.29 bits per heavy atom. The summed E-state index contributed by atoms with van der Waals surface area (Å²) < 4.78 is 0. The number of rotatable bonds is 4. The van der Waals surface area contributed by atoms with Crippen molar-refractivity contribution in [2.24, 2.45) is 5.92 Å². The van der Waals surface area contributed by atoms with E-state index in [0.717, 1.165) is 12.3 Å². The Kier molecular flexibility index (Phi) is 4.90. The van der Waals surface area contributed by atoms with Gasteiger partial charge in [-0.15, -0.1) is 0 Å². The molecule has 2 unspecified atom stereocenters. The summed E-state index contributed by atoms with van der Waals surface area (Å²) in [6, 6.07) is 1.15. The van der Waals surface area contributed by atoms with Gasteiger partial charge in [-0.05, 0) is 51.9 Å². The molecule has 0 radical (unpaired) electrons. The number of aliphatic hydroxyl groups excluding tert-OH is 1. The Balaban J connectivity index is 2.17. The highest BCUT2D eigenvalue weighted by molar-refractivity contribution is 4.78. The molecule has 0 saturated heterocycles. The maximum Gasteiger partial charge on any atom is 0.0526 e. The van der Waals surface area contributed by atoms with Crippen molar-refractivity contribution in [3.8, 4) is 0 Å². The molecule has 0 amide bonds. The minimum absolute atomic E-state index is 0.181. The lowest BCUT2D eigenvalue weighted by molar-refractivity contribution is 0.163. The van der Waals surface area contributed by atoms with Crippen LogP contribution in [-0.2, 0) is 0 Å². The van der Waals surface area contributed by atoms with Crippen LogP contribution >= 0.6 is 0 Å². The first kappa shape index (κ1) is 12.0. The number of aliphatic hydroxyl groups is 1. The van der Waals surface area contributed by atoms with Crippen molar-refractivity contribution in [1.82, 2.24) is 5.32 Å². The molecule has 2 atom stereocenters. The van der Waals surface area contributed by atoms with Crippen molar-refractivity contribution < 1.29 is 5.11 Å². The van der Waals surface area contributed by atoms with E-state index in [1.807, 2.05) is 6.92 Å². The molecule has 0 spiro atoms. The molecule has 0 aromatic carbocycles. The van der Waals surface area contributed by atoms with Crippen LogP contribution in [0.25, 0.3) is 0 Å². The zero-order chi connectivity index (χ0) is 10.6. The zero-order valence-electron chi connectivity index (χ0n) is 9.79. The van der Waals surface area contributed by atoms with Gasteiger partial charge in [-0.3, -0.25) is 0 Å². The minimum Gasteiger partial charge on any atom is -0.393 e. The van der Waals surface area contributed by atoms with Crippen LogP contribution in [0.3, 0.4) is 0 Å². The monoisotopic (exact) mass is 199 g/mol. The van der Waals surface area contributed by atoms with Gasteiger partial charge in [0.2, 0.25) is 0 Å². The van der Waals surface area contributed by atoms with Crippen molar-refractivity contribution in [2.45, 2.75) is 71.1 Å². The highest BCUT2D eigenvalue weighted by Gasteiger charge is 2.19. The molecule has 84 valence electrons. The van der Waals surface area contributed by atoms with Crippen LogP contribution in [0, 0.1) is 5.92 Å². The largest absolute Gasteiger partial charge is 0.393 e. The van der Waals surface area contributed by atoms with E-state index in [2.05, 4.69) is 19.2 Å². The number of hydrogen-bond acceptors (Lipinski definition) is 2. The van der Waals surface area contributed by atoms with Crippen LogP contribution in [-0.4, -0.2) is 23.3 Å². The normalized spacial score (nSPS) is 32.6. The second-order valence-corrected chi connectivity index (χ2v) is 5.11. The smallest absolute Gasteiger partial charge is 0.0526 e. The van der Waals surface area contributed by atoms with Gasteiger partial charge < -0.3 is 10.4 Å². The lowest BCUT2D eigenvalue weighted by atomic mass is 9.87. The van der Waals surface area contributed by atoms with Gasteiger partial charge in [0.25, 0.3) is 0 Å². The molecular weight excluding hydrogens is 174 g/mol. The maximum absolute atomic E-state index is 9.25. The van der Waals surface area contributed by atoms with Gasteiger partial charge in [0.05, 0.1) is 6.10 Å². The van der Waals surface area contributed by atoms with Gasteiger partial charge in [0.1, 0.15) is 0 Å². The molecule has 0 aromatic rings. The summed E-state index contributed by atoms with van der Waals surface area (Å²) in [6.45, 7) is 6.38. The molecule has 2 heteroatoms. The van der Waals surface area contributed by atoms with Gasteiger partial charge in [0, 0.05) is 12.1 Å². The Morgan fingerprint density at radius 1 is 1.21 bits per heavy atom. The van der Waals surface area contributed by atoms with Crippen molar-refractivity contribution in [1.29, 1.82) is 0 Å². The summed E-state index contributed by atoms with van der Waals surface area (Å²) in [7, 11) is 0. The topological polar surface area (TPSA) is 32.3 Å². The third-order valence-corrected chi connectivity index (χ3v) is 3.23. The van der Waals surface area contributed by atoms with Crippen molar-refractivity contribution >= 4 is 0 Å². The lowest BCUT2D eigenvalue weighted by Crippen LogP contribution is -2.40. The first-order valence-corrected chi connectivity index (χ1v) is 6.02. The van der Waals surface area contributed by atoms with Gasteiger partial charge in [0.15, 0.2) is 0 Å². The minimum atomic E-state index is -0.181. The van der Waals surface area contributed by atoms with Gasteiger partial charge in [-0.2, -0.15) is 0 Å². The second-order valence-electron chi connectivity index (χ2n) is 5.11. The number of nitrogens with one attached hydrogen (secondary N) is 1. The van der Waals surface area contributed by atoms with E-state index in [-0.39, 0.29) is 6.10 Å². The van der Waals surface area contributed by atoms with Crippen LogP contribution in [0.2, 0.25) is 0 Å². The van der Waals surface area contributed by atoms with Crippen LogP contribution in [0.5, 0.6) is 0 Å². The fourth-order valence-electron chi connectivity index (χ4n) is 2.41. The van der Waals surface area contributed by atoms with Crippen LogP contribution in [0.4, 0.5) is 0 Å². The average molecular weight is 199 g/mol. The fourth-order valence-corrected chi connectivity index (χ4v) is 2.41. The summed E-state index contributed by atoms with van der Waals surface area (Å²) in [6.07, 6.45) is 6.03. The highest BCUT2D eigenvalue weighted by Crippen LogP contribution is 2.23. The lowest BCUT2D eigenvalue weighted by Gasteiger charge is -2.30. The van der Waals surface area contributed by atoms with E-state index >= 15 is 0 Å². The van der Waals surface area contributed by atoms with E-state index in [0.29, 0.717) is 12.1 Å². The molecule has 0 bridgehead atoms. The van der Waals surface area contributed by atoms with E-state index in [9.17, 15) is 5.11 Å². The second kappa shape index (κ2) is 5.72. The van der Waals surface area contributed by atoms with Gasteiger partial charge >= 0.3 is 0 Å². The van der Waals surface area contributed by atoms with Crippen LogP contribution in [0.1, 0.15) is 52.9 Å². The molecule has 0 aromatic heterocycles. The van der Waals surface area contributed by atoms with Gasteiger partial charge in [-0.25, -0.2) is 0 Å².